The Labute approximate surface area is 111 Å². The second-order valence-corrected chi connectivity index (χ2v) is 4.92. The number of likely N-dealkylation sites (N-methyl/N-ethyl adjacent to an activating group) is 1. The molecule has 0 spiro atoms. The molecular formula is C14H18FNO3. The van der Waals surface area contributed by atoms with Crippen LogP contribution >= 0.6 is 0 Å². The zero-order valence-electron chi connectivity index (χ0n) is 11.1. The van der Waals surface area contributed by atoms with Crippen LogP contribution in [0.3, 0.4) is 0 Å². The number of nitrogens with zero attached hydrogens (tertiary/aromatic N) is 1. The summed E-state index contributed by atoms with van der Waals surface area (Å²) >= 11 is 0. The van der Waals surface area contributed by atoms with Crippen LogP contribution in [0.4, 0.5) is 10.1 Å². The molecule has 4 nitrogen and oxygen atoms in total. The van der Waals surface area contributed by atoms with Gasteiger partial charge >= 0.3 is 0 Å². The normalized spacial score (nSPS) is 17.3. The van der Waals surface area contributed by atoms with Gasteiger partial charge in [-0.25, -0.2) is 4.39 Å². The Balaban J connectivity index is 2.21. The van der Waals surface area contributed by atoms with Gasteiger partial charge in [-0.3, -0.25) is 4.79 Å². The molecule has 1 amide bonds. The maximum absolute atomic E-state index is 13.6. The highest BCUT2D eigenvalue weighted by molar-refractivity contribution is 5.99. The van der Waals surface area contributed by atoms with E-state index in [1.165, 1.54) is 24.1 Å². The van der Waals surface area contributed by atoms with E-state index in [1.54, 1.807) is 13.1 Å². The summed E-state index contributed by atoms with van der Waals surface area (Å²) in [4.78, 5) is 13.6. The predicted molar refractivity (Wildman–Crippen MR) is 69.8 cm³/mol. The average molecular weight is 267 g/mol. The predicted octanol–water partition coefficient (Wildman–Crippen LogP) is 2.10. The summed E-state index contributed by atoms with van der Waals surface area (Å²) in [5.74, 6) is -0.781. The maximum Gasteiger partial charge on any atom is 0.258 e. The Morgan fingerprint density at radius 2 is 2.05 bits per heavy atom. The summed E-state index contributed by atoms with van der Waals surface area (Å²) in [6.45, 7) is 0. The van der Waals surface area contributed by atoms with Gasteiger partial charge in [-0.15, -0.1) is 0 Å². The Morgan fingerprint density at radius 3 is 2.58 bits per heavy atom. The molecule has 104 valence electrons. The molecule has 1 N–H and O–H groups in total. The third-order valence-corrected chi connectivity index (χ3v) is 3.66. The number of methoxy groups -OCH3 is 1. The molecule has 1 aliphatic rings. The number of anilines is 1. The second kappa shape index (κ2) is 5.17. The van der Waals surface area contributed by atoms with Crippen molar-refractivity contribution in [2.75, 3.05) is 19.1 Å². The van der Waals surface area contributed by atoms with E-state index in [9.17, 15) is 14.3 Å². The Kier molecular flexibility index (Phi) is 3.75. The van der Waals surface area contributed by atoms with Crippen molar-refractivity contribution in [2.45, 2.75) is 31.3 Å². The number of benzene rings is 1. The molecule has 0 heterocycles. The van der Waals surface area contributed by atoms with E-state index >= 15 is 0 Å². The zero-order valence-corrected chi connectivity index (χ0v) is 11.1. The first-order chi connectivity index (χ1) is 8.98. The maximum atomic E-state index is 13.6. The molecule has 1 aliphatic carbocycles. The lowest BCUT2D eigenvalue weighted by molar-refractivity contribution is -0.135. The van der Waals surface area contributed by atoms with Crippen molar-refractivity contribution < 1.29 is 19.0 Å². The van der Waals surface area contributed by atoms with Gasteiger partial charge in [-0.1, -0.05) is 0 Å². The quantitative estimate of drug-likeness (QED) is 0.912. The van der Waals surface area contributed by atoms with E-state index < -0.39 is 11.4 Å². The number of carbonyl (C=O) groups is 1. The van der Waals surface area contributed by atoms with Crippen molar-refractivity contribution in [3.05, 3.63) is 24.0 Å². The molecule has 1 fully saturated rings. The van der Waals surface area contributed by atoms with Crippen LogP contribution in [-0.4, -0.2) is 30.8 Å². The number of amides is 1. The topological polar surface area (TPSA) is 49.8 Å². The first-order valence-corrected chi connectivity index (χ1v) is 6.32. The van der Waals surface area contributed by atoms with Gasteiger partial charge in [0.25, 0.3) is 5.91 Å². The van der Waals surface area contributed by atoms with Gasteiger partial charge in [0.15, 0.2) is 11.6 Å². The minimum atomic E-state index is -1.30. The molecule has 1 aromatic rings. The summed E-state index contributed by atoms with van der Waals surface area (Å²) in [7, 11) is 2.92. The Bertz CT molecular complexity index is 484. The lowest BCUT2D eigenvalue weighted by atomic mass is 10.0. The molecule has 0 aliphatic heterocycles. The van der Waals surface area contributed by atoms with Crippen LogP contribution < -0.4 is 9.64 Å². The summed E-state index contributed by atoms with van der Waals surface area (Å²) in [6.07, 6.45) is 2.61. The van der Waals surface area contributed by atoms with Crippen LogP contribution in [0.15, 0.2) is 18.2 Å². The third kappa shape index (κ3) is 2.56. The highest BCUT2D eigenvalue weighted by Crippen LogP contribution is 2.33. The number of carbonyl (C=O) groups excluding carboxylic acids is 1. The van der Waals surface area contributed by atoms with Crippen LogP contribution in [0.5, 0.6) is 5.75 Å². The van der Waals surface area contributed by atoms with Crippen molar-refractivity contribution in [1.82, 2.24) is 0 Å². The molecule has 1 saturated carbocycles. The van der Waals surface area contributed by atoms with Crippen LogP contribution in [0.25, 0.3) is 0 Å². The first-order valence-electron chi connectivity index (χ1n) is 6.32. The fourth-order valence-electron chi connectivity index (χ4n) is 2.47. The van der Waals surface area contributed by atoms with Crippen molar-refractivity contribution in [3.8, 4) is 5.75 Å². The van der Waals surface area contributed by atoms with E-state index in [-0.39, 0.29) is 11.7 Å². The van der Waals surface area contributed by atoms with Crippen LogP contribution in [-0.2, 0) is 4.79 Å². The summed E-state index contributed by atoms with van der Waals surface area (Å²) in [5.41, 5.74) is -0.894. The van der Waals surface area contributed by atoms with E-state index in [0.29, 0.717) is 18.5 Å². The van der Waals surface area contributed by atoms with Gasteiger partial charge in [0.1, 0.15) is 5.60 Å². The fourth-order valence-corrected chi connectivity index (χ4v) is 2.47. The number of ether oxygens (including phenoxy) is 1. The Hall–Kier alpha value is -1.62. The van der Waals surface area contributed by atoms with E-state index in [2.05, 4.69) is 0 Å². The molecule has 5 heteroatoms. The zero-order chi connectivity index (χ0) is 14.0. The van der Waals surface area contributed by atoms with E-state index in [1.807, 2.05) is 0 Å². The van der Waals surface area contributed by atoms with Crippen molar-refractivity contribution in [3.63, 3.8) is 0 Å². The summed E-state index contributed by atoms with van der Waals surface area (Å²) in [5, 5.41) is 10.3. The molecule has 0 atom stereocenters. The molecule has 2 rings (SSSR count). The lowest BCUT2D eigenvalue weighted by Crippen LogP contribution is -2.45. The van der Waals surface area contributed by atoms with Gasteiger partial charge in [0, 0.05) is 18.8 Å². The summed E-state index contributed by atoms with van der Waals surface area (Å²) < 4.78 is 18.5. The minimum absolute atomic E-state index is 0.129. The molecule has 1 aromatic carbocycles. The van der Waals surface area contributed by atoms with Crippen molar-refractivity contribution >= 4 is 11.6 Å². The van der Waals surface area contributed by atoms with Gasteiger partial charge in [0.05, 0.1) is 7.11 Å². The van der Waals surface area contributed by atoms with Crippen molar-refractivity contribution in [1.29, 1.82) is 0 Å². The fraction of sp³-hybridized carbons (Fsp3) is 0.500. The third-order valence-electron chi connectivity index (χ3n) is 3.66. The van der Waals surface area contributed by atoms with Crippen molar-refractivity contribution in [2.24, 2.45) is 0 Å². The Morgan fingerprint density at radius 1 is 1.42 bits per heavy atom. The largest absolute Gasteiger partial charge is 0.494 e. The minimum Gasteiger partial charge on any atom is -0.494 e. The summed E-state index contributed by atoms with van der Waals surface area (Å²) in [6, 6.07) is 4.29. The highest BCUT2D eigenvalue weighted by Gasteiger charge is 2.41. The number of halogens is 1. The molecule has 0 radical (unpaired) electrons. The first kappa shape index (κ1) is 13.8. The molecule has 19 heavy (non-hydrogen) atoms. The molecular weight excluding hydrogens is 249 g/mol. The van der Waals surface area contributed by atoms with Gasteiger partial charge in [-0.2, -0.15) is 0 Å². The van der Waals surface area contributed by atoms with Gasteiger partial charge < -0.3 is 14.7 Å². The molecule has 0 saturated heterocycles. The van der Waals surface area contributed by atoms with Crippen LogP contribution in [0.1, 0.15) is 25.7 Å². The standard InChI is InChI=1S/C14H18FNO3/c1-16(13(17)14(18)7-3-4-8-14)10-5-6-12(19-2)11(15)9-10/h5-6,9,18H,3-4,7-8H2,1-2H3. The molecule has 0 bridgehead atoms. The van der Waals surface area contributed by atoms with Crippen LogP contribution in [0.2, 0.25) is 0 Å². The number of hydrogen-bond acceptors (Lipinski definition) is 3. The number of rotatable bonds is 3. The smallest absolute Gasteiger partial charge is 0.258 e. The van der Waals surface area contributed by atoms with Gasteiger partial charge in [0.2, 0.25) is 0 Å². The number of aliphatic hydroxyl groups is 1. The molecule has 0 unspecified atom stereocenters. The van der Waals surface area contributed by atoms with E-state index in [0.717, 1.165) is 12.8 Å². The highest BCUT2D eigenvalue weighted by atomic mass is 19.1. The monoisotopic (exact) mass is 267 g/mol. The molecule has 0 aromatic heterocycles. The number of hydrogen-bond donors (Lipinski definition) is 1. The average Bonchev–Trinajstić information content (AvgIpc) is 2.85. The lowest BCUT2D eigenvalue weighted by Gasteiger charge is -2.27. The SMILES string of the molecule is COc1ccc(N(C)C(=O)C2(O)CCCC2)cc1F. The van der Waals surface area contributed by atoms with Crippen LogP contribution in [0, 0.1) is 5.82 Å². The second-order valence-electron chi connectivity index (χ2n) is 4.92. The van der Waals surface area contributed by atoms with E-state index in [4.69, 9.17) is 4.74 Å². The van der Waals surface area contributed by atoms with Gasteiger partial charge in [-0.05, 0) is 37.8 Å².